The summed E-state index contributed by atoms with van der Waals surface area (Å²) in [7, 11) is 0. The van der Waals surface area contributed by atoms with Gasteiger partial charge in [0.2, 0.25) is 0 Å². The quantitative estimate of drug-likeness (QED) is 0.845. The summed E-state index contributed by atoms with van der Waals surface area (Å²) in [5.41, 5.74) is 6.20. The molecule has 1 aromatic heterocycles. The molecule has 0 radical (unpaired) electrons. The number of nitrogens with one attached hydrogen (secondary N) is 1. The first-order chi connectivity index (χ1) is 8.61. The molecule has 0 unspecified atom stereocenters. The van der Waals surface area contributed by atoms with Gasteiger partial charge in [-0.15, -0.1) is 5.10 Å². The third-order valence-electron chi connectivity index (χ3n) is 2.33. The number of halogens is 1. The van der Waals surface area contributed by atoms with Crippen molar-refractivity contribution in [2.75, 3.05) is 5.73 Å². The minimum atomic E-state index is -0.175. The summed E-state index contributed by atoms with van der Waals surface area (Å²) in [6, 6.07) is 5.55. The van der Waals surface area contributed by atoms with Gasteiger partial charge >= 0.3 is 5.69 Å². The van der Waals surface area contributed by atoms with Crippen LogP contribution in [0.2, 0.25) is 0 Å². The zero-order valence-corrected chi connectivity index (χ0v) is 12.2. The van der Waals surface area contributed by atoms with E-state index in [1.165, 1.54) is 11.8 Å². The third kappa shape index (κ3) is 2.78. The standard InChI is InChI=1S/C11H13BrN4OS/c1-2-5-16-10(17)14-15-11(16)18-9-4-3-7(13)6-8(9)12/h3-4,6H,2,5,13H2,1H3,(H,14,17). The minimum Gasteiger partial charge on any atom is -0.399 e. The summed E-state index contributed by atoms with van der Waals surface area (Å²) in [6.07, 6.45) is 0.885. The zero-order valence-electron chi connectivity index (χ0n) is 9.81. The van der Waals surface area contributed by atoms with Crippen LogP contribution in [0.15, 0.2) is 37.5 Å². The number of hydrogen-bond acceptors (Lipinski definition) is 4. The molecule has 3 N–H and O–H groups in total. The summed E-state index contributed by atoms with van der Waals surface area (Å²) in [5.74, 6) is 0. The second-order valence-electron chi connectivity index (χ2n) is 3.75. The Hall–Kier alpha value is -1.21. The van der Waals surface area contributed by atoms with Crippen LogP contribution in [0.1, 0.15) is 13.3 Å². The topological polar surface area (TPSA) is 76.7 Å². The van der Waals surface area contributed by atoms with Crippen LogP contribution in [0.3, 0.4) is 0 Å². The molecular formula is C11H13BrN4OS. The number of anilines is 1. The van der Waals surface area contributed by atoms with Crippen molar-refractivity contribution in [2.45, 2.75) is 29.9 Å². The number of aromatic nitrogens is 3. The smallest absolute Gasteiger partial charge is 0.343 e. The molecule has 7 heteroatoms. The molecule has 0 saturated carbocycles. The number of nitrogen functional groups attached to an aromatic ring is 1. The molecule has 0 amide bonds. The Bertz CT molecular complexity index is 607. The van der Waals surface area contributed by atoms with Crippen molar-refractivity contribution in [1.29, 1.82) is 0 Å². The highest BCUT2D eigenvalue weighted by Crippen LogP contribution is 2.33. The molecule has 0 saturated heterocycles. The van der Waals surface area contributed by atoms with E-state index in [1.54, 1.807) is 4.57 Å². The van der Waals surface area contributed by atoms with Gasteiger partial charge < -0.3 is 5.73 Å². The molecule has 0 aliphatic rings. The van der Waals surface area contributed by atoms with Crippen LogP contribution >= 0.6 is 27.7 Å². The van der Waals surface area contributed by atoms with E-state index in [4.69, 9.17) is 5.73 Å². The van der Waals surface area contributed by atoms with Gasteiger partial charge in [-0.05, 0) is 52.3 Å². The van der Waals surface area contributed by atoms with Gasteiger partial charge in [0.1, 0.15) is 0 Å². The monoisotopic (exact) mass is 328 g/mol. The van der Waals surface area contributed by atoms with E-state index < -0.39 is 0 Å². The van der Waals surface area contributed by atoms with Crippen molar-refractivity contribution in [3.63, 3.8) is 0 Å². The van der Waals surface area contributed by atoms with E-state index in [9.17, 15) is 4.79 Å². The van der Waals surface area contributed by atoms with Gasteiger partial charge in [0.05, 0.1) is 0 Å². The van der Waals surface area contributed by atoms with Crippen LogP contribution in [0.4, 0.5) is 5.69 Å². The second kappa shape index (κ2) is 5.62. The van der Waals surface area contributed by atoms with E-state index in [2.05, 4.69) is 26.1 Å². The number of benzene rings is 1. The van der Waals surface area contributed by atoms with Gasteiger partial charge in [-0.1, -0.05) is 6.92 Å². The average Bonchev–Trinajstić information content (AvgIpc) is 2.66. The maximum atomic E-state index is 11.6. The predicted molar refractivity (Wildman–Crippen MR) is 75.8 cm³/mol. The molecule has 0 spiro atoms. The molecular weight excluding hydrogens is 316 g/mol. The fraction of sp³-hybridized carbons (Fsp3) is 0.273. The fourth-order valence-corrected chi connectivity index (χ4v) is 3.00. The summed E-state index contributed by atoms with van der Waals surface area (Å²) in [6.45, 7) is 2.68. The molecule has 2 aromatic rings. The van der Waals surface area contributed by atoms with Gasteiger partial charge in [-0.3, -0.25) is 4.57 Å². The van der Waals surface area contributed by atoms with E-state index in [0.717, 1.165) is 15.8 Å². The summed E-state index contributed by atoms with van der Waals surface area (Å²) < 4.78 is 2.53. The number of nitrogens with zero attached hydrogens (tertiary/aromatic N) is 2. The molecule has 96 valence electrons. The highest BCUT2D eigenvalue weighted by molar-refractivity contribution is 9.10. The Balaban J connectivity index is 2.31. The van der Waals surface area contributed by atoms with Crippen molar-refractivity contribution >= 4 is 33.4 Å². The molecule has 1 aromatic carbocycles. The average molecular weight is 329 g/mol. The molecule has 18 heavy (non-hydrogen) atoms. The summed E-state index contributed by atoms with van der Waals surface area (Å²) in [4.78, 5) is 12.5. The number of aromatic amines is 1. The van der Waals surface area contributed by atoms with Crippen LogP contribution in [0, 0.1) is 0 Å². The first-order valence-corrected chi connectivity index (χ1v) is 7.11. The zero-order chi connectivity index (χ0) is 13.1. The first kappa shape index (κ1) is 13.2. The fourth-order valence-electron chi connectivity index (χ4n) is 1.50. The molecule has 2 rings (SSSR count). The minimum absolute atomic E-state index is 0.175. The normalized spacial score (nSPS) is 10.8. The van der Waals surface area contributed by atoms with Gasteiger partial charge in [0, 0.05) is 21.6 Å². The number of H-pyrrole nitrogens is 1. The van der Waals surface area contributed by atoms with Gasteiger partial charge in [-0.2, -0.15) is 0 Å². The van der Waals surface area contributed by atoms with Crippen molar-refractivity contribution in [3.8, 4) is 0 Å². The molecule has 1 heterocycles. The largest absolute Gasteiger partial charge is 0.399 e. The lowest BCUT2D eigenvalue weighted by Crippen LogP contribution is -2.17. The van der Waals surface area contributed by atoms with Crippen LogP contribution < -0.4 is 11.4 Å². The lowest BCUT2D eigenvalue weighted by atomic mass is 10.3. The van der Waals surface area contributed by atoms with Gasteiger partial charge in [0.25, 0.3) is 0 Å². The number of nitrogens with two attached hydrogens (primary N) is 1. The Morgan fingerprint density at radius 3 is 3.00 bits per heavy atom. The summed E-state index contributed by atoms with van der Waals surface area (Å²) >= 11 is 4.88. The van der Waals surface area contributed by atoms with Crippen molar-refractivity contribution in [1.82, 2.24) is 14.8 Å². The van der Waals surface area contributed by atoms with Crippen LogP contribution in [-0.2, 0) is 6.54 Å². The number of rotatable bonds is 4. The van der Waals surface area contributed by atoms with Crippen molar-refractivity contribution in [2.24, 2.45) is 0 Å². The van der Waals surface area contributed by atoms with E-state index in [1.807, 2.05) is 25.1 Å². The number of hydrogen-bond donors (Lipinski definition) is 2. The molecule has 0 fully saturated rings. The molecule has 0 bridgehead atoms. The van der Waals surface area contributed by atoms with Gasteiger partial charge in [-0.25, -0.2) is 9.89 Å². The summed E-state index contributed by atoms with van der Waals surface area (Å²) in [5, 5.41) is 7.16. The highest BCUT2D eigenvalue weighted by atomic mass is 79.9. The lowest BCUT2D eigenvalue weighted by Gasteiger charge is -2.05. The maximum Gasteiger partial charge on any atom is 0.343 e. The SMILES string of the molecule is CCCn1c(Sc2ccc(N)cc2Br)n[nH]c1=O. The Morgan fingerprint density at radius 1 is 1.56 bits per heavy atom. The molecule has 5 nitrogen and oxygen atoms in total. The van der Waals surface area contributed by atoms with E-state index in [0.29, 0.717) is 17.4 Å². The van der Waals surface area contributed by atoms with Crippen LogP contribution in [-0.4, -0.2) is 14.8 Å². The Kier molecular flexibility index (Phi) is 4.13. The second-order valence-corrected chi connectivity index (χ2v) is 5.62. The van der Waals surface area contributed by atoms with Gasteiger partial charge in [0.15, 0.2) is 5.16 Å². The van der Waals surface area contributed by atoms with Crippen molar-refractivity contribution in [3.05, 3.63) is 33.2 Å². The van der Waals surface area contributed by atoms with E-state index in [-0.39, 0.29) is 5.69 Å². The lowest BCUT2D eigenvalue weighted by molar-refractivity contribution is 0.604. The Morgan fingerprint density at radius 2 is 2.33 bits per heavy atom. The van der Waals surface area contributed by atoms with E-state index >= 15 is 0 Å². The first-order valence-electron chi connectivity index (χ1n) is 5.50. The highest BCUT2D eigenvalue weighted by Gasteiger charge is 2.11. The third-order valence-corrected chi connectivity index (χ3v) is 4.32. The Labute approximate surface area is 117 Å². The van der Waals surface area contributed by atoms with Crippen LogP contribution in [0.5, 0.6) is 0 Å². The van der Waals surface area contributed by atoms with Crippen LogP contribution in [0.25, 0.3) is 0 Å². The van der Waals surface area contributed by atoms with Crippen molar-refractivity contribution < 1.29 is 0 Å². The predicted octanol–water partition coefficient (Wildman–Crippen LogP) is 2.48. The maximum absolute atomic E-state index is 11.6. The molecule has 0 aliphatic heterocycles. The molecule has 0 atom stereocenters. The molecule has 0 aliphatic carbocycles.